The molecule has 2 heterocycles. The predicted octanol–water partition coefficient (Wildman–Crippen LogP) is 2.79. The van der Waals surface area contributed by atoms with Crippen LogP contribution >= 0.6 is 0 Å². The molecule has 1 spiro atoms. The Kier molecular flexibility index (Phi) is 5.22. The monoisotopic (exact) mass is 369 g/mol. The molecule has 1 aromatic carbocycles. The van der Waals surface area contributed by atoms with E-state index >= 15 is 0 Å². The standard InChI is InChI=1S/C22H31N3O2/c23-15-18-6-3-9-22(18)10-13-24(14-11-22)20(26)8-4-12-25-16-17-5-1-2-7-19(17)21(25)27/h1-2,5,7,18H,3-4,6,8-16,23H2. The molecule has 5 heteroatoms. The summed E-state index contributed by atoms with van der Waals surface area (Å²) in [6.45, 7) is 3.88. The molecule has 4 rings (SSSR count). The third-order valence-corrected chi connectivity index (χ3v) is 7.20. The van der Waals surface area contributed by atoms with Crippen LogP contribution in [0.5, 0.6) is 0 Å². The minimum absolute atomic E-state index is 0.104. The van der Waals surface area contributed by atoms with E-state index in [1.807, 2.05) is 34.1 Å². The first kappa shape index (κ1) is 18.5. The number of benzene rings is 1. The molecule has 3 aliphatic rings. The van der Waals surface area contributed by atoms with Crippen LogP contribution < -0.4 is 5.73 Å². The van der Waals surface area contributed by atoms with Gasteiger partial charge < -0.3 is 15.5 Å². The fourth-order valence-electron chi connectivity index (χ4n) is 5.51. The number of likely N-dealkylation sites (tertiary alicyclic amines) is 1. The summed E-state index contributed by atoms with van der Waals surface area (Å²) < 4.78 is 0. The molecule has 1 aliphatic carbocycles. The van der Waals surface area contributed by atoms with E-state index in [9.17, 15) is 9.59 Å². The highest BCUT2D eigenvalue weighted by Gasteiger charge is 2.44. The van der Waals surface area contributed by atoms with Crippen molar-refractivity contribution in [3.05, 3.63) is 35.4 Å². The highest BCUT2D eigenvalue weighted by molar-refractivity contribution is 5.98. The van der Waals surface area contributed by atoms with Gasteiger partial charge in [0.05, 0.1) is 0 Å². The zero-order valence-electron chi connectivity index (χ0n) is 16.2. The Balaban J connectivity index is 1.23. The van der Waals surface area contributed by atoms with E-state index < -0.39 is 0 Å². The normalized spacial score (nSPS) is 23.9. The second-order valence-corrected chi connectivity index (χ2v) is 8.56. The van der Waals surface area contributed by atoms with Crippen molar-refractivity contribution in [3.8, 4) is 0 Å². The number of hydrogen-bond acceptors (Lipinski definition) is 3. The predicted molar refractivity (Wildman–Crippen MR) is 105 cm³/mol. The van der Waals surface area contributed by atoms with Crippen LogP contribution in [-0.2, 0) is 11.3 Å². The first-order valence-corrected chi connectivity index (χ1v) is 10.5. The number of rotatable bonds is 5. The summed E-state index contributed by atoms with van der Waals surface area (Å²) in [7, 11) is 0. The van der Waals surface area contributed by atoms with E-state index in [1.54, 1.807) is 0 Å². The molecule has 1 unspecified atom stereocenters. The smallest absolute Gasteiger partial charge is 0.254 e. The highest BCUT2D eigenvalue weighted by atomic mass is 16.2. The van der Waals surface area contributed by atoms with Crippen LogP contribution in [0.4, 0.5) is 0 Å². The molecule has 2 fully saturated rings. The van der Waals surface area contributed by atoms with Crippen LogP contribution in [0, 0.1) is 11.3 Å². The molecule has 2 amide bonds. The maximum atomic E-state index is 12.6. The van der Waals surface area contributed by atoms with E-state index in [1.165, 1.54) is 19.3 Å². The summed E-state index contributed by atoms with van der Waals surface area (Å²) in [6.07, 6.45) is 7.34. The fraction of sp³-hybridized carbons (Fsp3) is 0.636. The largest absolute Gasteiger partial charge is 0.343 e. The number of fused-ring (bicyclic) bond motifs is 1. The van der Waals surface area contributed by atoms with Crippen LogP contribution in [0.1, 0.15) is 60.9 Å². The number of amides is 2. The number of hydrogen-bond donors (Lipinski definition) is 1. The van der Waals surface area contributed by atoms with E-state index in [4.69, 9.17) is 5.73 Å². The van der Waals surface area contributed by atoms with Crippen molar-refractivity contribution < 1.29 is 9.59 Å². The van der Waals surface area contributed by atoms with Crippen molar-refractivity contribution in [2.45, 2.75) is 51.5 Å². The summed E-state index contributed by atoms with van der Waals surface area (Å²) in [5.41, 5.74) is 8.31. The zero-order chi connectivity index (χ0) is 18.9. The van der Waals surface area contributed by atoms with E-state index in [2.05, 4.69) is 0 Å². The van der Waals surface area contributed by atoms with Crippen molar-refractivity contribution >= 4 is 11.8 Å². The molecule has 0 bridgehead atoms. The average Bonchev–Trinajstić information content (AvgIpc) is 3.23. The van der Waals surface area contributed by atoms with Gasteiger partial charge in [-0.25, -0.2) is 0 Å². The Morgan fingerprint density at radius 3 is 2.70 bits per heavy atom. The van der Waals surface area contributed by atoms with E-state index in [0.29, 0.717) is 30.8 Å². The summed E-state index contributed by atoms with van der Waals surface area (Å²) in [5.74, 6) is 1.00. The molecule has 27 heavy (non-hydrogen) atoms. The van der Waals surface area contributed by atoms with Gasteiger partial charge in [-0.3, -0.25) is 9.59 Å². The lowest BCUT2D eigenvalue weighted by Gasteiger charge is -2.43. The molecule has 1 aromatic rings. The van der Waals surface area contributed by atoms with Gasteiger partial charge >= 0.3 is 0 Å². The van der Waals surface area contributed by atoms with Gasteiger partial charge in [0, 0.05) is 38.2 Å². The van der Waals surface area contributed by atoms with Crippen molar-refractivity contribution in [2.75, 3.05) is 26.2 Å². The lowest BCUT2D eigenvalue weighted by atomic mass is 9.70. The minimum Gasteiger partial charge on any atom is -0.343 e. The van der Waals surface area contributed by atoms with Crippen molar-refractivity contribution in [1.29, 1.82) is 0 Å². The van der Waals surface area contributed by atoms with Crippen molar-refractivity contribution in [1.82, 2.24) is 9.80 Å². The van der Waals surface area contributed by atoms with Crippen molar-refractivity contribution in [3.63, 3.8) is 0 Å². The van der Waals surface area contributed by atoms with E-state index in [-0.39, 0.29) is 11.8 Å². The molecular formula is C22H31N3O2. The molecule has 5 nitrogen and oxygen atoms in total. The molecular weight excluding hydrogens is 338 g/mol. The first-order chi connectivity index (χ1) is 13.1. The number of nitrogens with zero attached hydrogens (tertiary/aromatic N) is 2. The van der Waals surface area contributed by atoms with Gasteiger partial charge in [0.15, 0.2) is 0 Å². The van der Waals surface area contributed by atoms with Gasteiger partial charge in [-0.15, -0.1) is 0 Å². The molecule has 1 atom stereocenters. The summed E-state index contributed by atoms with van der Waals surface area (Å²) in [5, 5.41) is 0. The summed E-state index contributed by atoms with van der Waals surface area (Å²) in [4.78, 5) is 28.9. The maximum Gasteiger partial charge on any atom is 0.254 e. The lowest BCUT2D eigenvalue weighted by Crippen LogP contribution is -2.45. The number of carbonyl (C=O) groups excluding carboxylic acids is 2. The molecule has 0 radical (unpaired) electrons. The van der Waals surface area contributed by atoms with Gasteiger partial charge in [-0.1, -0.05) is 24.6 Å². The summed E-state index contributed by atoms with van der Waals surface area (Å²) in [6, 6.07) is 7.79. The first-order valence-electron chi connectivity index (χ1n) is 10.5. The Morgan fingerprint density at radius 2 is 1.96 bits per heavy atom. The number of piperidine rings is 1. The second kappa shape index (κ2) is 7.63. The van der Waals surface area contributed by atoms with Crippen LogP contribution in [0.15, 0.2) is 24.3 Å². The SMILES string of the molecule is NCC1CCCC12CCN(C(=O)CCCN1Cc3ccccc3C1=O)CC2. The van der Waals surface area contributed by atoms with Gasteiger partial charge in [0.25, 0.3) is 5.91 Å². The minimum atomic E-state index is 0.104. The molecule has 0 aromatic heterocycles. The number of nitrogens with two attached hydrogens (primary N) is 1. The quantitative estimate of drug-likeness (QED) is 0.868. The zero-order valence-corrected chi connectivity index (χ0v) is 16.2. The van der Waals surface area contributed by atoms with Gasteiger partial charge in [0.2, 0.25) is 5.91 Å². The van der Waals surface area contributed by atoms with Crippen molar-refractivity contribution in [2.24, 2.45) is 17.1 Å². The average molecular weight is 370 g/mol. The highest BCUT2D eigenvalue weighted by Crippen LogP contribution is 2.50. The Morgan fingerprint density at radius 1 is 1.19 bits per heavy atom. The van der Waals surface area contributed by atoms with Crippen LogP contribution in [-0.4, -0.2) is 47.8 Å². The second-order valence-electron chi connectivity index (χ2n) is 8.56. The third kappa shape index (κ3) is 3.49. The molecule has 146 valence electrons. The summed E-state index contributed by atoms with van der Waals surface area (Å²) >= 11 is 0. The van der Waals surface area contributed by atoms with Crippen LogP contribution in [0.2, 0.25) is 0 Å². The molecule has 1 saturated heterocycles. The Bertz CT molecular complexity index is 709. The maximum absolute atomic E-state index is 12.6. The Labute approximate surface area is 161 Å². The molecule has 2 N–H and O–H groups in total. The number of carbonyl (C=O) groups is 2. The molecule has 2 aliphatic heterocycles. The lowest BCUT2D eigenvalue weighted by molar-refractivity contribution is -0.134. The van der Waals surface area contributed by atoms with Gasteiger partial charge in [-0.2, -0.15) is 0 Å². The topological polar surface area (TPSA) is 66.6 Å². The Hall–Kier alpha value is -1.88. The third-order valence-electron chi connectivity index (χ3n) is 7.20. The van der Waals surface area contributed by atoms with Crippen LogP contribution in [0.3, 0.4) is 0 Å². The van der Waals surface area contributed by atoms with Gasteiger partial charge in [0.1, 0.15) is 0 Å². The van der Waals surface area contributed by atoms with Gasteiger partial charge in [-0.05, 0) is 61.6 Å². The molecule has 1 saturated carbocycles. The van der Waals surface area contributed by atoms with E-state index in [0.717, 1.165) is 50.0 Å². The van der Waals surface area contributed by atoms with Crippen LogP contribution in [0.25, 0.3) is 0 Å². The fourth-order valence-corrected chi connectivity index (χ4v) is 5.51.